The minimum absolute atomic E-state index is 0.119. The number of carbonyl (C=O) groups is 1. The first-order valence-corrected chi connectivity index (χ1v) is 6.46. The molecular formula is C12H11ClN2OS. The Morgan fingerprint density at radius 1 is 1.65 bits per heavy atom. The average Bonchev–Trinajstić information content (AvgIpc) is 2.69. The van der Waals surface area contributed by atoms with Crippen molar-refractivity contribution in [3.05, 3.63) is 35.1 Å². The molecule has 0 atom stereocenters. The number of halogens is 1. The van der Waals surface area contributed by atoms with Crippen molar-refractivity contribution in [2.75, 3.05) is 5.75 Å². The number of fused-ring (bicyclic) bond motifs is 1. The van der Waals surface area contributed by atoms with Crippen LogP contribution in [0.25, 0.3) is 17.1 Å². The predicted octanol–water partition coefficient (Wildman–Crippen LogP) is 3.51. The molecular weight excluding hydrogens is 256 g/mol. The summed E-state index contributed by atoms with van der Waals surface area (Å²) in [6, 6.07) is 1.76. The van der Waals surface area contributed by atoms with Gasteiger partial charge in [-0.1, -0.05) is 35.5 Å². The molecule has 0 unspecified atom stereocenters. The number of nitrogens with zero attached hydrogens (tertiary/aromatic N) is 1. The number of rotatable bonds is 3. The molecule has 2 rings (SSSR count). The molecule has 0 saturated carbocycles. The summed E-state index contributed by atoms with van der Waals surface area (Å²) in [4.78, 5) is 18.0. The second kappa shape index (κ2) is 5.38. The SMILES string of the molecule is CC(=O)SCC=Cc1c[nH]c2nccc(Cl)c12. The third-order valence-corrected chi connectivity index (χ3v) is 3.31. The maximum absolute atomic E-state index is 10.8. The number of hydrogen-bond donors (Lipinski definition) is 1. The summed E-state index contributed by atoms with van der Waals surface area (Å²) in [7, 11) is 0. The highest BCUT2D eigenvalue weighted by atomic mass is 35.5. The van der Waals surface area contributed by atoms with Crippen molar-refractivity contribution in [2.45, 2.75) is 6.92 Å². The van der Waals surface area contributed by atoms with Crippen molar-refractivity contribution in [1.82, 2.24) is 9.97 Å². The maximum atomic E-state index is 10.8. The monoisotopic (exact) mass is 266 g/mol. The van der Waals surface area contributed by atoms with Crippen LogP contribution in [0.1, 0.15) is 12.5 Å². The molecule has 0 bridgehead atoms. The zero-order chi connectivity index (χ0) is 12.3. The molecule has 0 aliphatic heterocycles. The van der Waals surface area contributed by atoms with E-state index in [1.165, 1.54) is 11.8 Å². The van der Waals surface area contributed by atoms with Crippen molar-refractivity contribution in [3.63, 3.8) is 0 Å². The number of carbonyl (C=O) groups excluding carboxylic acids is 1. The quantitative estimate of drug-likeness (QED) is 0.925. The number of thioether (sulfide) groups is 1. The Hall–Kier alpha value is -1.26. The van der Waals surface area contributed by atoms with Gasteiger partial charge in [0.15, 0.2) is 5.12 Å². The Morgan fingerprint density at radius 3 is 3.24 bits per heavy atom. The number of nitrogens with one attached hydrogen (secondary N) is 1. The number of aromatic nitrogens is 2. The van der Waals surface area contributed by atoms with Gasteiger partial charge in [-0.05, 0) is 6.07 Å². The Morgan fingerprint density at radius 2 is 2.47 bits per heavy atom. The van der Waals surface area contributed by atoms with E-state index in [9.17, 15) is 4.79 Å². The molecule has 2 aromatic rings. The first-order valence-electron chi connectivity index (χ1n) is 5.10. The fourth-order valence-electron chi connectivity index (χ4n) is 1.51. The van der Waals surface area contributed by atoms with Gasteiger partial charge in [0, 0.05) is 36.0 Å². The van der Waals surface area contributed by atoms with Gasteiger partial charge in [-0.3, -0.25) is 4.79 Å². The van der Waals surface area contributed by atoms with Gasteiger partial charge in [0.2, 0.25) is 0 Å². The van der Waals surface area contributed by atoms with E-state index < -0.39 is 0 Å². The van der Waals surface area contributed by atoms with Crippen LogP contribution in [0.5, 0.6) is 0 Å². The average molecular weight is 267 g/mol. The fraction of sp³-hybridized carbons (Fsp3) is 0.167. The lowest BCUT2D eigenvalue weighted by atomic mass is 10.2. The molecule has 3 nitrogen and oxygen atoms in total. The largest absolute Gasteiger partial charge is 0.345 e. The van der Waals surface area contributed by atoms with Crippen molar-refractivity contribution < 1.29 is 4.79 Å². The zero-order valence-electron chi connectivity index (χ0n) is 9.24. The van der Waals surface area contributed by atoms with E-state index in [1.807, 2.05) is 18.3 Å². The number of aromatic amines is 1. The molecule has 0 amide bonds. The lowest BCUT2D eigenvalue weighted by Crippen LogP contribution is -1.81. The molecule has 2 aromatic heterocycles. The van der Waals surface area contributed by atoms with Gasteiger partial charge >= 0.3 is 0 Å². The van der Waals surface area contributed by atoms with Crippen LogP contribution >= 0.6 is 23.4 Å². The van der Waals surface area contributed by atoms with Gasteiger partial charge in [0.25, 0.3) is 0 Å². The van der Waals surface area contributed by atoms with Gasteiger partial charge in [-0.25, -0.2) is 4.98 Å². The molecule has 0 aromatic carbocycles. The van der Waals surface area contributed by atoms with Crippen molar-refractivity contribution in [1.29, 1.82) is 0 Å². The number of H-pyrrole nitrogens is 1. The van der Waals surface area contributed by atoms with Gasteiger partial charge in [-0.15, -0.1) is 0 Å². The Kier molecular flexibility index (Phi) is 3.86. The highest BCUT2D eigenvalue weighted by molar-refractivity contribution is 8.13. The minimum atomic E-state index is 0.119. The van der Waals surface area contributed by atoms with Gasteiger partial charge in [-0.2, -0.15) is 0 Å². The summed E-state index contributed by atoms with van der Waals surface area (Å²) in [5, 5.41) is 1.71. The first-order chi connectivity index (χ1) is 8.18. The minimum Gasteiger partial charge on any atom is -0.345 e. The lowest BCUT2D eigenvalue weighted by Gasteiger charge is -1.94. The highest BCUT2D eigenvalue weighted by Gasteiger charge is 2.05. The van der Waals surface area contributed by atoms with Crippen LogP contribution in [0.3, 0.4) is 0 Å². The third-order valence-electron chi connectivity index (χ3n) is 2.23. The summed E-state index contributed by atoms with van der Waals surface area (Å²) in [5.74, 6) is 0.667. The normalized spacial score (nSPS) is 11.4. The highest BCUT2D eigenvalue weighted by Crippen LogP contribution is 2.25. The van der Waals surface area contributed by atoms with Gasteiger partial charge in [0.1, 0.15) is 5.65 Å². The standard InChI is InChI=1S/C12H11ClN2OS/c1-8(16)17-6-2-3-9-7-15-12-11(9)10(13)4-5-14-12/h2-5,7H,6H2,1H3,(H,14,15). The molecule has 0 spiro atoms. The Bertz CT molecular complexity index is 577. The zero-order valence-corrected chi connectivity index (χ0v) is 10.8. The fourth-order valence-corrected chi connectivity index (χ4v) is 2.19. The molecule has 0 radical (unpaired) electrons. The van der Waals surface area contributed by atoms with Crippen LogP contribution in [0.2, 0.25) is 5.02 Å². The van der Waals surface area contributed by atoms with Crippen molar-refractivity contribution >= 4 is 45.6 Å². The summed E-state index contributed by atoms with van der Waals surface area (Å²) in [6.45, 7) is 1.56. The van der Waals surface area contributed by atoms with E-state index >= 15 is 0 Å². The maximum Gasteiger partial charge on any atom is 0.186 e. The number of hydrogen-bond acceptors (Lipinski definition) is 3. The second-order valence-corrected chi connectivity index (χ2v) is 5.07. The van der Waals surface area contributed by atoms with E-state index in [4.69, 9.17) is 11.6 Å². The van der Waals surface area contributed by atoms with Crippen LogP contribution in [0, 0.1) is 0 Å². The second-order valence-electron chi connectivity index (χ2n) is 3.47. The Balaban J connectivity index is 2.22. The van der Waals surface area contributed by atoms with E-state index in [0.717, 1.165) is 16.6 Å². The van der Waals surface area contributed by atoms with Crippen molar-refractivity contribution in [3.8, 4) is 0 Å². The molecule has 0 fully saturated rings. The predicted molar refractivity (Wildman–Crippen MR) is 73.3 cm³/mol. The topological polar surface area (TPSA) is 45.8 Å². The third kappa shape index (κ3) is 2.90. The molecule has 88 valence electrons. The van der Waals surface area contributed by atoms with E-state index in [2.05, 4.69) is 9.97 Å². The summed E-state index contributed by atoms with van der Waals surface area (Å²) in [5.41, 5.74) is 1.76. The van der Waals surface area contributed by atoms with E-state index in [-0.39, 0.29) is 5.12 Å². The first kappa shape index (κ1) is 12.2. The van der Waals surface area contributed by atoms with Crippen LogP contribution in [0.4, 0.5) is 0 Å². The molecule has 1 N–H and O–H groups in total. The molecule has 2 heterocycles. The Labute approximate surface area is 108 Å². The molecule has 17 heavy (non-hydrogen) atoms. The van der Waals surface area contributed by atoms with Gasteiger partial charge in [0.05, 0.1) is 5.02 Å². The molecule has 0 saturated heterocycles. The lowest BCUT2D eigenvalue weighted by molar-refractivity contribution is -0.109. The smallest absolute Gasteiger partial charge is 0.186 e. The van der Waals surface area contributed by atoms with E-state index in [1.54, 1.807) is 19.2 Å². The molecule has 0 aliphatic carbocycles. The van der Waals surface area contributed by atoms with Crippen LogP contribution < -0.4 is 0 Å². The van der Waals surface area contributed by atoms with Crippen LogP contribution in [0.15, 0.2) is 24.5 Å². The molecule has 5 heteroatoms. The van der Waals surface area contributed by atoms with Crippen LogP contribution in [-0.2, 0) is 4.79 Å². The van der Waals surface area contributed by atoms with Crippen LogP contribution in [-0.4, -0.2) is 20.8 Å². The van der Waals surface area contributed by atoms with Gasteiger partial charge < -0.3 is 4.98 Å². The van der Waals surface area contributed by atoms with E-state index in [0.29, 0.717) is 10.8 Å². The molecule has 0 aliphatic rings. The summed E-state index contributed by atoms with van der Waals surface area (Å²) >= 11 is 7.39. The van der Waals surface area contributed by atoms with Crippen molar-refractivity contribution in [2.24, 2.45) is 0 Å². The summed E-state index contributed by atoms with van der Waals surface area (Å²) < 4.78 is 0. The summed E-state index contributed by atoms with van der Waals surface area (Å²) in [6.07, 6.45) is 7.42. The number of pyridine rings is 1.